The SMILES string of the molecule is CN=C(NCC1(c2cccc(C(F)(F)F)c2)CCC1)N1CCC(Cc2cnn(C)c2)C1. The zero-order valence-electron chi connectivity index (χ0n) is 18.1. The molecular weight excluding hydrogens is 403 g/mol. The van der Waals surface area contributed by atoms with Crippen LogP contribution in [0, 0.1) is 5.92 Å². The molecule has 2 heterocycles. The van der Waals surface area contributed by atoms with E-state index >= 15 is 0 Å². The van der Waals surface area contributed by atoms with Crippen molar-refractivity contribution in [1.82, 2.24) is 20.0 Å². The van der Waals surface area contributed by atoms with Crippen LogP contribution in [0.5, 0.6) is 0 Å². The van der Waals surface area contributed by atoms with Crippen molar-refractivity contribution in [2.75, 3.05) is 26.7 Å². The minimum Gasteiger partial charge on any atom is -0.355 e. The van der Waals surface area contributed by atoms with Gasteiger partial charge < -0.3 is 10.2 Å². The summed E-state index contributed by atoms with van der Waals surface area (Å²) >= 11 is 0. The zero-order chi connectivity index (χ0) is 22.1. The summed E-state index contributed by atoms with van der Waals surface area (Å²) in [7, 11) is 3.70. The summed E-state index contributed by atoms with van der Waals surface area (Å²) in [6.45, 7) is 2.46. The first-order valence-electron chi connectivity index (χ1n) is 10.9. The van der Waals surface area contributed by atoms with E-state index in [1.807, 2.05) is 24.0 Å². The molecule has 2 aliphatic rings. The van der Waals surface area contributed by atoms with Gasteiger partial charge in [0.15, 0.2) is 5.96 Å². The topological polar surface area (TPSA) is 45.5 Å². The maximum absolute atomic E-state index is 13.2. The van der Waals surface area contributed by atoms with E-state index in [-0.39, 0.29) is 5.41 Å². The average molecular weight is 434 g/mol. The summed E-state index contributed by atoms with van der Waals surface area (Å²) in [5.74, 6) is 1.39. The van der Waals surface area contributed by atoms with Gasteiger partial charge in [-0.2, -0.15) is 18.3 Å². The van der Waals surface area contributed by atoms with Crippen LogP contribution in [-0.2, 0) is 25.1 Å². The van der Waals surface area contributed by atoms with Gasteiger partial charge in [0.25, 0.3) is 0 Å². The second-order valence-electron chi connectivity index (χ2n) is 8.94. The first kappa shape index (κ1) is 21.7. The van der Waals surface area contributed by atoms with Crippen molar-refractivity contribution in [3.8, 4) is 0 Å². The predicted molar refractivity (Wildman–Crippen MR) is 115 cm³/mol. The van der Waals surface area contributed by atoms with Crippen LogP contribution in [0.1, 0.15) is 42.4 Å². The van der Waals surface area contributed by atoms with Crippen LogP contribution in [0.15, 0.2) is 41.7 Å². The fourth-order valence-electron chi connectivity index (χ4n) is 4.88. The molecule has 1 aliphatic heterocycles. The quantitative estimate of drug-likeness (QED) is 0.573. The summed E-state index contributed by atoms with van der Waals surface area (Å²) in [4.78, 5) is 6.73. The first-order chi connectivity index (χ1) is 14.8. The molecule has 1 saturated heterocycles. The van der Waals surface area contributed by atoms with Crippen molar-refractivity contribution in [2.45, 2.75) is 43.7 Å². The van der Waals surface area contributed by atoms with Crippen LogP contribution in [0.2, 0.25) is 0 Å². The maximum atomic E-state index is 13.2. The second kappa shape index (κ2) is 8.55. The number of rotatable bonds is 5. The van der Waals surface area contributed by atoms with Crippen LogP contribution in [-0.4, -0.2) is 47.3 Å². The maximum Gasteiger partial charge on any atom is 0.416 e. The molecule has 2 fully saturated rings. The fraction of sp³-hybridized carbons (Fsp3) is 0.565. The second-order valence-corrected chi connectivity index (χ2v) is 8.94. The van der Waals surface area contributed by atoms with E-state index in [9.17, 15) is 13.2 Å². The summed E-state index contributed by atoms with van der Waals surface area (Å²) in [6, 6.07) is 5.83. The Kier molecular flexibility index (Phi) is 5.99. The number of halogens is 3. The third-order valence-electron chi connectivity index (χ3n) is 6.78. The van der Waals surface area contributed by atoms with Crippen LogP contribution < -0.4 is 5.32 Å². The molecule has 168 valence electrons. The molecule has 5 nitrogen and oxygen atoms in total. The van der Waals surface area contributed by atoms with Gasteiger partial charge in [0, 0.05) is 45.3 Å². The van der Waals surface area contributed by atoms with E-state index in [1.54, 1.807) is 7.05 Å². The highest BCUT2D eigenvalue weighted by Crippen LogP contribution is 2.44. The molecule has 1 atom stereocenters. The highest BCUT2D eigenvalue weighted by Gasteiger charge is 2.41. The number of nitrogens with one attached hydrogen (secondary N) is 1. The summed E-state index contributed by atoms with van der Waals surface area (Å²) in [5.41, 5.74) is 1.19. The van der Waals surface area contributed by atoms with Gasteiger partial charge in [0.1, 0.15) is 0 Å². The third kappa shape index (κ3) is 4.72. The van der Waals surface area contributed by atoms with Crippen molar-refractivity contribution in [1.29, 1.82) is 0 Å². The van der Waals surface area contributed by atoms with Crippen molar-refractivity contribution in [2.24, 2.45) is 18.0 Å². The normalized spacial score (nSPS) is 21.3. The number of nitrogens with zero attached hydrogens (tertiary/aromatic N) is 4. The van der Waals surface area contributed by atoms with E-state index < -0.39 is 11.7 Å². The van der Waals surface area contributed by atoms with Gasteiger partial charge in [0.05, 0.1) is 11.8 Å². The Labute approximate surface area is 181 Å². The van der Waals surface area contributed by atoms with E-state index in [2.05, 4.69) is 26.5 Å². The Morgan fingerprint density at radius 3 is 2.74 bits per heavy atom. The minimum atomic E-state index is -4.32. The zero-order valence-corrected chi connectivity index (χ0v) is 18.1. The molecular formula is C23H30F3N5. The van der Waals surface area contributed by atoms with Crippen molar-refractivity contribution >= 4 is 5.96 Å². The lowest BCUT2D eigenvalue weighted by Gasteiger charge is -2.43. The smallest absolute Gasteiger partial charge is 0.355 e. The number of likely N-dealkylation sites (tertiary alicyclic amines) is 1. The van der Waals surface area contributed by atoms with Gasteiger partial charge >= 0.3 is 6.18 Å². The number of aliphatic imine (C=N–C) groups is 1. The standard InChI is InChI=1S/C23H30F3N5/c1-27-21(31-10-7-17(15-31)11-18-13-29-30(2)14-18)28-16-22(8-4-9-22)19-5-3-6-20(12-19)23(24,25)26/h3,5-6,12-14,17H,4,7-11,15-16H2,1-2H3,(H,27,28). The molecule has 8 heteroatoms. The first-order valence-corrected chi connectivity index (χ1v) is 10.9. The number of guanidine groups is 1. The molecule has 2 aromatic rings. The highest BCUT2D eigenvalue weighted by atomic mass is 19.4. The monoisotopic (exact) mass is 433 g/mol. The van der Waals surface area contributed by atoms with E-state index in [1.165, 1.54) is 17.7 Å². The molecule has 1 aromatic carbocycles. The van der Waals surface area contributed by atoms with Crippen molar-refractivity contribution in [3.63, 3.8) is 0 Å². The van der Waals surface area contributed by atoms with Gasteiger partial charge in [-0.1, -0.05) is 24.6 Å². The third-order valence-corrected chi connectivity index (χ3v) is 6.78. The van der Waals surface area contributed by atoms with Crippen molar-refractivity contribution in [3.05, 3.63) is 53.3 Å². The molecule has 0 radical (unpaired) electrons. The Balaban J connectivity index is 1.39. The number of benzene rings is 1. The summed E-state index contributed by atoms with van der Waals surface area (Å²) < 4.78 is 41.4. The highest BCUT2D eigenvalue weighted by molar-refractivity contribution is 5.80. The fourth-order valence-corrected chi connectivity index (χ4v) is 4.88. The Hall–Kier alpha value is -2.51. The largest absolute Gasteiger partial charge is 0.416 e. The molecule has 31 heavy (non-hydrogen) atoms. The molecule has 4 rings (SSSR count). The van der Waals surface area contributed by atoms with Gasteiger partial charge in [-0.15, -0.1) is 0 Å². The number of aryl methyl sites for hydroxylation is 1. The van der Waals surface area contributed by atoms with Crippen LogP contribution >= 0.6 is 0 Å². The summed E-state index contributed by atoms with van der Waals surface area (Å²) in [5, 5.41) is 7.73. The number of alkyl halides is 3. The number of hydrogen-bond acceptors (Lipinski definition) is 2. The Bertz CT molecular complexity index is 929. The lowest BCUT2D eigenvalue weighted by Crippen LogP contribution is -2.49. The molecule has 1 saturated carbocycles. The number of aromatic nitrogens is 2. The molecule has 0 bridgehead atoms. The lowest BCUT2D eigenvalue weighted by atomic mass is 9.64. The molecule has 0 amide bonds. The van der Waals surface area contributed by atoms with Crippen molar-refractivity contribution < 1.29 is 13.2 Å². The Morgan fingerprint density at radius 2 is 2.13 bits per heavy atom. The molecule has 1 N–H and O–H groups in total. The van der Waals surface area contributed by atoms with Crippen LogP contribution in [0.4, 0.5) is 13.2 Å². The van der Waals surface area contributed by atoms with Gasteiger partial charge in [-0.25, -0.2) is 0 Å². The van der Waals surface area contributed by atoms with E-state index in [0.29, 0.717) is 12.5 Å². The lowest BCUT2D eigenvalue weighted by molar-refractivity contribution is -0.137. The van der Waals surface area contributed by atoms with Gasteiger partial charge in [0.2, 0.25) is 0 Å². The number of hydrogen-bond donors (Lipinski definition) is 1. The molecule has 0 spiro atoms. The van der Waals surface area contributed by atoms with Crippen LogP contribution in [0.3, 0.4) is 0 Å². The van der Waals surface area contributed by atoms with E-state index in [4.69, 9.17) is 0 Å². The molecule has 1 aromatic heterocycles. The minimum absolute atomic E-state index is 0.258. The summed E-state index contributed by atoms with van der Waals surface area (Å²) in [6.07, 6.45) is 4.57. The molecule has 1 unspecified atom stereocenters. The Morgan fingerprint density at radius 1 is 1.32 bits per heavy atom. The van der Waals surface area contributed by atoms with Gasteiger partial charge in [-0.3, -0.25) is 9.67 Å². The average Bonchev–Trinajstić information content (AvgIpc) is 3.33. The van der Waals surface area contributed by atoms with Gasteiger partial charge in [-0.05, 0) is 48.8 Å². The van der Waals surface area contributed by atoms with Crippen LogP contribution in [0.25, 0.3) is 0 Å². The molecule has 1 aliphatic carbocycles. The van der Waals surface area contributed by atoms with E-state index in [0.717, 1.165) is 62.8 Å². The predicted octanol–water partition coefficient (Wildman–Crippen LogP) is 4.00.